The number of anilines is 3. The van der Waals surface area contributed by atoms with E-state index in [-0.39, 0.29) is 28.6 Å². The zero-order chi connectivity index (χ0) is 27.6. The second-order valence-corrected chi connectivity index (χ2v) is 13.0. The first-order chi connectivity index (χ1) is 18.8. The molecule has 12 heteroatoms. The minimum Gasteiger partial charge on any atom is -0.488 e. The number of aromatic nitrogens is 2. The predicted octanol–water partition coefficient (Wildman–Crippen LogP) is 4.61. The predicted molar refractivity (Wildman–Crippen MR) is 155 cm³/mol. The van der Waals surface area contributed by atoms with Crippen molar-refractivity contribution in [2.45, 2.75) is 69.1 Å². The fourth-order valence-corrected chi connectivity index (χ4v) is 6.75. The molecule has 0 spiro atoms. The standard InChI is InChI=1S/C27H36ClN7O3S/c1-16-12-22(24(38-18-6-7-18)13-20(16)17-8-10-31-11-9-17)34-27-32-14-21(28)26(35-27)33-23(15-30-2)25(29)39(36,37)19-4-3-5-19/h12-15,17-19,29-31H,3-11H2,1-2H3,(H2,32,33,34,35)/b23-15+,29-25?. The zero-order valence-electron chi connectivity index (χ0n) is 22.3. The highest BCUT2D eigenvalue weighted by atomic mass is 35.5. The number of benzene rings is 1. The maximum atomic E-state index is 12.9. The SMILES string of the molecule is CN/C=C(/Nc1nc(Nc2cc(C)c(C3CCNCC3)cc2OC2CC2)ncc1Cl)C(=N)S(=O)(=O)C1CCC1. The molecular formula is C27H36ClN7O3S. The van der Waals surface area contributed by atoms with E-state index in [1.54, 1.807) is 7.05 Å². The molecule has 210 valence electrons. The minimum atomic E-state index is -3.75. The van der Waals surface area contributed by atoms with E-state index in [0.717, 1.165) is 56.6 Å². The van der Waals surface area contributed by atoms with E-state index in [9.17, 15) is 8.42 Å². The summed E-state index contributed by atoms with van der Waals surface area (Å²) in [6, 6.07) is 4.23. The number of nitrogens with zero attached hydrogens (tertiary/aromatic N) is 2. The van der Waals surface area contributed by atoms with Gasteiger partial charge in [0.15, 0.2) is 20.7 Å². The van der Waals surface area contributed by atoms with Crippen LogP contribution in [0, 0.1) is 12.3 Å². The van der Waals surface area contributed by atoms with Gasteiger partial charge in [0.2, 0.25) is 5.95 Å². The molecule has 10 nitrogen and oxygen atoms in total. The lowest BCUT2D eigenvalue weighted by Gasteiger charge is -2.26. The molecule has 0 atom stereocenters. The molecule has 2 aliphatic carbocycles. The first kappa shape index (κ1) is 27.7. The number of sulfone groups is 1. The molecule has 5 rings (SSSR count). The fraction of sp³-hybridized carbons (Fsp3) is 0.519. The van der Waals surface area contributed by atoms with Gasteiger partial charge in [-0.1, -0.05) is 18.0 Å². The van der Waals surface area contributed by atoms with E-state index < -0.39 is 20.1 Å². The molecule has 5 N–H and O–H groups in total. The second kappa shape index (κ2) is 11.7. The molecule has 1 aliphatic heterocycles. The third kappa shape index (κ3) is 6.31. The Bertz CT molecular complexity index is 1370. The summed E-state index contributed by atoms with van der Waals surface area (Å²) in [5.74, 6) is 1.73. The van der Waals surface area contributed by atoms with Crippen LogP contribution in [0.2, 0.25) is 5.02 Å². The molecule has 3 aliphatic rings. The topological polar surface area (TPSA) is 141 Å². The Morgan fingerprint density at radius 3 is 2.56 bits per heavy atom. The quantitative estimate of drug-likeness (QED) is 0.203. The van der Waals surface area contributed by atoms with Crippen LogP contribution in [0.1, 0.15) is 62.0 Å². The largest absolute Gasteiger partial charge is 0.488 e. The van der Waals surface area contributed by atoms with E-state index in [1.165, 1.54) is 23.5 Å². The van der Waals surface area contributed by atoms with Gasteiger partial charge in [0, 0.05) is 13.2 Å². The smallest absolute Gasteiger partial charge is 0.229 e. The molecule has 0 amide bonds. The molecule has 1 aromatic carbocycles. The third-order valence-electron chi connectivity index (χ3n) is 7.52. The van der Waals surface area contributed by atoms with Crippen LogP contribution in [0.3, 0.4) is 0 Å². The zero-order valence-corrected chi connectivity index (χ0v) is 23.9. The van der Waals surface area contributed by atoms with Crippen LogP contribution in [-0.4, -0.2) is 54.9 Å². The summed E-state index contributed by atoms with van der Waals surface area (Å²) < 4.78 is 32.1. The summed E-state index contributed by atoms with van der Waals surface area (Å²) in [4.78, 5) is 8.87. The number of nitrogens with one attached hydrogen (secondary N) is 5. The molecule has 39 heavy (non-hydrogen) atoms. The summed E-state index contributed by atoms with van der Waals surface area (Å²) in [5, 5.41) is 20.1. The molecule has 0 unspecified atom stereocenters. The van der Waals surface area contributed by atoms with Crippen molar-refractivity contribution in [1.29, 1.82) is 5.41 Å². The number of rotatable bonds is 10. The Morgan fingerprint density at radius 1 is 1.18 bits per heavy atom. The van der Waals surface area contributed by atoms with Gasteiger partial charge in [-0.2, -0.15) is 4.98 Å². The molecule has 2 heterocycles. The Morgan fingerprint density at radius 2 is 1.92 bits per heavy atom. The maximum absolute atomic E-state index is 12.9. The lowest BCUT2D eigenvalue weighted by molar-refractivity contribution is 0.304. The second-order valence-electron chi connectivity index (χ2n) is 10.5. The summed E-state index contributed by atoms with van der Waals surface area (Å²) in [5.41, 5.74) is 3.31. The van der Waals surface area contributed by atoms with Gasteiger partial charge in [0.25, 0.3) is 0 Å². The molecule has 2 aromatic rings. The summed E-state index contributed by atoms with van der Waals surface area (Å²) >= 11 is 6.39. The average molecular weight is 574 g/mol. The van der Waals surface area contributed by atoms with Crippen molar-refractivity contribution in [2.24, 2.45) is 0 Å². The highest BCUT2D eigenvalue weighted by molar-refractivity contribution is 8.07. The van der Waals surface area contributed by atoms with E-state index >= 15 is 0 Å². The lowest BCUT2D eigenvalue weighted by Crippen LogP contribution is -2.36. The number of hydrogen-bond donors (Lipinski definition) is 5. The maximum Gasteiger partial charge on any atom is 0.229 e. The molecule has 0 bridgehead atoms. The molecule has 1 aromatic heterocycles. The first-order valence-electron chi connectivity index (χ1n) is 13.5. The highest BCUT2D eigenvalue weighted by Crippen LogP contribution is 2.39. The normalized spacial score (nSPS) is 18.8. The monoisotopic (exact) mass is 573 g/mol. The minimum absolute atomic E-state index is 0.0656. The summed E-state index contributed by atoms with van der Waals surface area (Å²) in [6.45, 7) is 4.14. The molecule has 0 radical (unpaired) electrons. The Hall–Kier alpha value is -2.89. The van der Waals surface area contributed by atoms with Gasteiger partial charge < -0.3 is 26.0 Å². The fourth-order valence-electron chi connectivity index (χ4n) is 4.90. The van der Waals surface area contributed by atoms with Crippen molar-refractivity contribution in [3.63, 3.8) is 0 Å². The Balaban J connectivity index is 1.40. The van der Waals surface area contributed by atoms with Gasteiger partial charge in [0.1, 0.15) is 10.8 Å². The molecule has 3 fully saturated rings. The van der Waals surface area contributed by atoms with Crippen molar-refractivity contribution in [3.05, 3.63) is 46.4 Å². The van der Waals surface area contributed by atoms with Gasteiger partial charge >= 0.3 is 0 Å². The lowest BCUT2D eigenvalue weighted by atomic mass is 9.87. The molecule has 2 saturated carbocycles. The van der Waals surface area contributed by atoms with Crippen molar-refractivity contribution < 1.29 is 13.2 Å². The number of halogens is 1. The van der Waals surface area contributed by atoms with Crippen LogP contribution >= 0.6 is 11.6 Å². The van der Waals surface area contributed by atoms with Crippen LogP contribution in [0.5, 0.6) is 5.75 Å². The van der Waals surface area contributed by atoms with Crippen LogP contribution in [-0.2, 0) is 9.84 Å². The van der Waals surface area contributed by atoms with Crippen LogP contribution in [0.25, 0.3) is 0 Å². The van der Waals surface area contributed by atoms with Crippen molar-refractivity contribution in [2.75, 3.05) is 30.8 Å². The number of piperidine rings is 1. The van der Waals surface area contributed by atoms with E-state index in [1.807, 2.05) is 0 Å². The number of ether oxygens (including phenoxy) is 1. The van der Waals surface area contributed by atoms with Gasteiger partial charge in [0.05, 0.1) is 28.9 Å². The van der Waals surface area contributed by atoms with Gasteiger partial charge in [-0.3, -0.25) is 5.41 Å². The van der Waals surface area contributed by atoms with E-state index in [4.69, 9.17) is 21.7 Å². The molecular weight excluding hydrogens is 538 g/mol. The molecule has 1 saturated heterocycles. The Labute approximate surface area is 234 Å². The van der Waals surface area contributed by atoms with Crippen molar-refractivity contribution >= 4 is 43.9 Å². The average Bonchev–Trinajstić information content (AvgIpc) is 3.70. The van der Waals surface area contributed by atoms with Crippen molar-refractivity contribution in [3.8, 4) is 5.75 Å². The van der Waals surface area contributed by atoms with Gasteiger partial charge in [-0.05, 0) is 87.7 Å². The van der Waals surface area contributed by atoms with Crippen LogP contribution in [0.4, 0.5) is 17.5 Å². The third-order valence-corrected chi connectivity index (χ3v) is 9.93. The number of hydrogen-bond acceptors (Lipinski definition) is 10. The van der Waals surface area contributed by atoms with E-state index in [0.29, 0.717) is 18.8 Å². The highest BCUT2D eigenvalue weighted by Gasteiger charge is 2.36. The number of aryl methyl sites for hydroxylation is 1. The van der Waals surface area contributed by atoms with Crippen LogP contribution in [0.15, 0.2) is 30.2 Å². The summed E-state index contributed by atoms with van der Waals surface area (Å²) in [7, 11) is -2.12. The first-order valence-corrected chi connectivity index (χ1v) is 15.5. The van der Waals surface area contributed by atoms with Crippen LogP contribution < -0.4 is 26.0 Å². The van der Waals surface area contributed by atoms with Gasteiger partial charge in [-0.25, -0.2) is 13.4 Å². The van der Waals surface area contributed by atoms with E-state index in [2.05, 4.69) is 50.3 Å². The van der Waals surface area contributed by atoms with Crippen molar-refractivity contribution in [1.82, 2.24) is 20.6 Å². The van der Waals surface area contributed by atoms with Gasteiger partial charge in [-0.15, -0.1) is 0 Å². The summed E-state index contributed by atoms with van der Waals surface area (Å²) in [6.07, 6.45) is 9.35. The Kier molecular flexibility index (Phi) is 8.29.